The van der Waals surface area contributed by atoms with Crippen LogP contribution in [0, 0.1) is 0 Å². The lowest BCUT2D eigenvalue weighted by Gasteiger charge is -1.98. The number of esters is 1. The van der Waals surface area contributed by atoms with Gasteiger partial charge in [-0.25, -0.2) is 9.79 Å². The van der Waals surface area contributed by atoms with E-state index in [0.717, 1.165) is 5.56 Å². The second-order valence-electron chi connectivity index (χ2n) is 4.06. The first-order valence-electron chi connectivity index (χ1n) is 5.55. The molecule has 0 spiro atoms. The quantitative estimate of drug-likeness (QED) is 0.587. The van der Waals surface area contributed by atoms with Gasteiger partial charge >= 0.3 is 5.97 Å². The molecule has 1 aliphatic heterocycles. The van der Waals surface area contributed by atoms with Crippen molar-refractivity contribution in [2.24, 2.45) is 9.98 Å². The molecule has 0 saturated heterocycles. The monoisotopic (exact) mass is 230 g/mol. The minimum absolute atomic E-state index is 0.152. The average Bonchev–Trinajstić information content (AvgIpc) is 2.69. The minimum Gasteiger partial charge on any atom is -0.405 e. The van der Waals surface area contributed by atoms with Gasteiger partial charge in [0.25, 0.3) is 0 Å². The highest BCUT2D eigenvalue weighted by atomic mass is 16.6. The molecule has 0 saturated carbocycles. The van der Waals surface area contributed by atoms with E-state index in [1.165, 1.54) is 0 Å². The standard InChI is InChI=1S/C13H14N2O2/c1-9(2)14-8-11-13(16)17-12(15-11)10-6-4-3-5-7-10/h3-9,11H,1-2H3. The maximum atomic E-state index is 11.5. The third kappa shape index (κ3) is 2.78. The zero-order valence-corrected chi connectivity index (χ0v) is 9.83. The van der Waals surface area contributed by atoms with Crippen LogP contribution in [0.4, 0.5) is 0 Å². The van der Waals surface area contributed by atoms with Crippen molar-refractivity contribution in [3.63, 3.8) is 0 Å². The van der Waals surface area contributed by atoms with Gasteiger partial charge in [0.2, 0.25) is 5.90 Å². The maximum absolute atomic E-state index is 11.5. The Bertz CT molecular complexity index is 464. The highest BCUT2D eigenvalue weighted by Crippen LogP contribution is 2.12. The van der Waals surface area contributed by atoms with E-state index >= 15 is 0 Å². The second-order valence-corrected chi connectivity index (χ2v) is 4.06. The summed E-state index contributed by atoms with van der Waals surface area (Å²) in [6, 6.07) is 8.91. The van der Waals surface area contributed by atoms with E-state index in [1.807, 2.05) is 44.2 Å². The molecule has 1 aliphatic rings. The molecule has 0 radical (unpaired) electrons. The summed E-state index contributed by atoms with van der Waals surface area (Å²) >= 11 is 0. The fourth-order valence-corrected chi connectivity index (χ4v) is 1.42. The second kappa shape index (κ2) is 4.91. The van der Waals surface area contributed by atoms with Gasteiger partial charge in [0.15, 0.2) is 6.04 Å². The zero-order chi connectivity index (χ0) is 12.3. The summed E-state index contributed by atoms with van der Waals surface area (Å²) in [7, 11) is 0. The van der Waals surface area contributed by atoms with Crippen molar-refractivity contribution in [3.8, 4) is 0 Å². The molecule has 2 rings (SSSR count). The summed E-state index contributed by atoms with van der Waals surface area (Å²) in [6.45, 7) is 3.89. The molecule has 0 fully saturated rings. The molecule has 1 aromatic rings. The van der Waals surface area contributed by atoms with E-state index in [-0.39, 0.29) is 12.0 Å². The number of hydrogen-bond donors (Lipinski definition) is 0. The van der Waals surface area contributed by atoms with E-state index in [9.17, 15) is 4.79 Å². The molecule has 88 valence electrons. The van der Waals surface area contributed by atoms with E-state index in [4.69, 9.17) is 4.74 Å². The molecule has 4 nitrogen and oxygen atoms in total. The first-order valence-corrected chi connectivity index (χ1v) is 5.55. The van der Waals surface area contributed by atoms with E-state index in [1.54, 1.807) is 6.21 Å². The Kier molecular flexibility index (Phi) is 3.32. The van der Waals surface area contributed by atoms with Crippen LogP contribution in [0.5, 0.6) is 0 Å². The van der Waals surface area contributed by atoms with Crippen molar-refractivity contribution in [2.75, 3.05) is 0 Å². The number of hydrogen-bond acceptors (Lipinski definition) is 4. The van der Waals surface area contributed by atoms with Crippen LogP contribution in [-0.4, -0.2) is 30.2 Å². The third-order valence-electron chi connectivity index (χ3n) is 2.24. The number of carbonyl (C=O) groups excluding carboxylic acids is 1. The van der Waals surface area contributed by atoms with Crippen LogP contribution in [0.2, 0.25) is 0 Å². The molecular formula is C13H14N2O2. The highest BCUT2D eigenvalue weighted by molar-refractivity contribution is 6.11. The summed E-state index contributed by atoms with van der Waals surface area (Å²) in [5, 5.41) is 0. The molecule has 0 bridgehead atoms. The Morgan fingerprint density at radius 3 is 2.71 bits per heavy atom. The van der Waals surface area contributed by atoms with Crippen molar-refractivity contribution < 1.29 is 9.53 Å². The molecule has 1 aromatic carbocycles. The first-order chi connectivity index (χ1) is 8.16. The van der Waals surface area contributed by atoms with Gasteiger partial charge in [-0.2, -0.15) is 0 Å². The molecule has 0 aromatic heterocycles. The van der Waals surface area contributed by atoms with Crippen LogP contribution in [0.3, 0.4) is 0 Å². The number of aliphatic imine (C=N–C) groups is 2. The van der Waals surface area contributed by atoms with E-state index < -0.39 is 6.04 Å². The van der Waals surface area contributed by atoms with E-state index in [2.05, 4.69) is 9.98 Å². The van der Waals surface area contributed by atoms with Crippen molar-refractivity contribution in [3.05, 3.63) is 35.9 Å². The van der Waals surface area contributed by atoms with Crippen LogP contribution in [0.1, 0.15) is 19.4 Å². The summed E-state index contributed by atoms with van der Waals surface area (Å²) in [5.41, 5.74) is 0.807. The Morgan fingerprint density at radius 2 is 2.06 bits per heavy atom. The smallest absolute Gasteiger partial charge is 0.343 e. The van der Waals surface area contributed by atoms with Gasteiger partial charge in [-0.1, -0.05) is 18.2 Å². The third-order valence-corrected chi connectivity index (χ3v) is 2.24. The topological polar surface area (TPSA) is 51.0 Å². The normalized spacial score (nSPS) is 19.8. The summed E-state index contributed by atoms with van der Waals surface area (Å²) < 4.78 is 5.11. The van der Waals surface area contributed by atoms with E-state index in [0.29, 0.717) is 5.90 Å². The van der Waals surface area contributed by atoms with Gasteiger partial charge in [0.1, 0.15) is 0 Å². The predicted molar refractivity (Wildman–Crippen MR) is 66.5 cm³/mol. The highest BCUT2D eigenvalue weighted by Gasteiger charge is 2.28. The fourth-order valence-electron chi connectivity index (χ4n) is 1.42. The van der Waals surface area contributed by atoms with Crippen LogP contribution >= 0.6 is 0 Å². The summed E-state index contributed by atoms with van der Waals surface area (Å²) in [6.07, 6.45) is 1.54. The van der Waals surface area contributed by atoms with Crippen molar-refractivity contribution in [2.45, 2.75) is 25.9 Å². The predicted octanol–water partition coefficient (Wildman–Crippen LogP) is 1.84. The maximum Gasteiger partial charge on any atom is 0.343 e. The summed E-state index contributed by atoms with van der Waals surface area (Å²) in [5.74, 6) is 0.00376. The van der Waals surface area contributed by atoms with Crippen LogP contribution in [0.15, 0.2) is 40.3 Å². The Hall–Kier alpha value is -1.97. The molecule has 0 amide bonds. The Morgan fingerprint density at radius 1 is 1.35 bits per heavy atom. The minimum atomic E-state index is -0.604. The van der Waals surface area contributed by atoms with Gasteiger partial charge in [-0.15, -0.1) is 0 Å². The van der Waals surface area contributed by atoms with Gasteiger partial charge in [0.05, 0.1) is 0 Å². The largest absolute Gasteiger partial charge is 0.405 e. The molecule has 1 atom stereocenters. The number of nitrogens with zero attached hydrogens (tertiary/aromatic N) is 2. The van der Waals surface area contributed by atoms with Crippen molar-refractivity contribution in [1.29, 1.82) is 0 Å². The number of benzene rings is 1. The molecular weight excluding hydrogens is 216 g/mol. The van der Waals surface area contributed by atoms with Gasteiger partial charge in [-0.3, -0.25) is 4.99 Å². The fraction of sp³-hybridized carbons (Fsp3) is 0.308. The lowest BCUT2D eigenvalue weighted by Crippen LogP contribution is -2.17. The Balaban J connectivity index is 2.17. The van der Waals surface area contributed by atoms with Gasteiger partial charge in [-0.05, 0) is 26.0 Å². The molecule has 1 unspecified atom stereocenters. The van der Waals surface area contributed by atoms with Crippen LogP contribution in [-0.2, 0) is 9.53 Å². The Labute approximate surface area is 100 Å². The van der Waals surface area contributed by atoms with Gasteiger partial charge in [0, 0.05) is 17.8 Å². The molecule has 4 heteroatoms. The number of cyclic esters (lactones) is 1. The molecule has 0 N–H and O–H groups in total. The lowest BCUT2D eigenvalue weighted by molar-refractivity contribution is -0.133. The van der Waals surface area contributed by atoms with Crippen LogP contribution < -0.4 is 0 Å². The average molecular weight is 230 g/mol. The number of carbonyl (C=O) groups is 1. The van der Waals surface area contributed by atoms with Crippen LogP contribution in [0.25, 0.3) is 0 Å². The zero-order valence-electron chi connectivity index (χ0n) is 9.83. The van der Waals surface area contributed by atoms with Crippen molar-refractivity contribution >= 4 is 18.1 Å². The molecule has 0 aliphatic carbocycles. The van der Waals surface area contributed by atoms with Crippen molar-refractivity contribution in [1.82, 2.24) is 0 Å². The molecule has 17 heavy (non-hydrogen) atoms. The lowest BCUT2D eigenvalue weighted by atomic mass is 10.2. The molecule has 1 heterocycles. The SMILES string of the molecule is CC(C)N=CC1N=C(c2ccccc2)OC1=O. The van der Waals surface area contributed by atoms with Gasteiger partial charge < -0.3 is 4.74 Å². The number of rotatable bonds is 3. The first kappa shape index (κ1) is 11.5. The number of ether oxygens (including phenoxy) is 1. The summed E-state index contributed by atoms with van der Waals surface area (Å²) in [4.78, 5) is 19.9.